The Kier molecular flexibility index (Phi) is 6.56. The second-order valence-electron chi connectivity index (χ2n) is 7.92. The van der Waals surface area contributed by atoms with Gasteiger partial charge < -0.3 is 4.90 Å². The van der Waals surface area contributed by atoms with Crippen LogP contribution >= 0.6 is 11.6 Å². The van der Waals surface area contributed by atoms with E-state index in [4.69, 9.17) is 11.6 Å². The van der Waals surface area contributed by atoms with Gasteiger partial charge in [-0.2, -0.15) is 9.40 Å². The molecule has 0 N–H and O–H groups in total. The third-order valence-corrected chi connectivity index (χ3v) is 8.15. The molecule has 1 amide bonds. The van der Waals surface area contributed by atoms with Crippen molar-refractivity contribution in [2.75, 3.05) is 26.2 Å². The molecule has 0 unspecified atom stereocenters. The fourth-order valence-corrected chi connectivity index (χ4v) is 5.71. The van der Waals surface area contributed by atoms with Crippen LogP contribution in [-0.4, -0.2) is 59.5 Å². The minimum absolute atomic E-state index is 0.0915. The third kappa shape index (κ3) is 4.53. The first-order valence-corrected chi connectivity index (χ1v) is 12.3. The summed E-state index contributed by atoms with van der Waals surface area (Å²) in [6.07, 6.45) is 0. The van der Waals surface area contributed by atoms with E-state index < -0.39 is 15.8 Å². The Labute approximate surface area is 197 Å². The average Bonchev–Trinajstić information content (AvgIpc) is 3.08. The number of aromatic nitrogens is 2. The molecule has 0 atom stereocenters. The molecular weight excluding hydrogens is 467 g/mol. The van der Waals surface area contributed by atoms with Crippen molar-refractivity contribution in [3.05, 3.63) is 81.9 Å². The number of nitrogens with zero attached hydrogens (tertiary/aromatic N) is 4. The van der Waals surface area contributed by atoms with Gasteiger partial charge in [-0.25, -0.2) is 12.8 Å². The lowest BCUT2D eigenvalue weighted by atomic mass is 10.1. The van der Waals surface area contributed by atoms with Gasteiger partial charge in [-0.3, -0.25) is 9.48 Å². The highest BCUT2D eigenvalue weighted by Crippen LogP contribution is 2.23. The molecule has 3 aromatic rings. The largest absolute Gasteiger partial charge is 0.336 e. The van der Waals surface area contributed by atoms with Crippen molar-refractivity contribution in [3.8, 4) is 0 Å². The van der Waals surface area contributed by atoms with Gasteiger partial charge >= 0.3 is 0 Å². The molecule has 0 radical (unpaired) electrons. The number of carbonyl (C=O) groups is 1. The Hall–Kier alpha value is -2.75. The highest BCUT2D eigenvalue weighted by molar-refractivity contribution is 7.89. The standard InChI is InChI=1S/C23H24ClFN4O3S/c1-16-22(17(2)29(26-16)15-18-7-3-4-8-19(18)24)23(30)27-11-13-28(14-12-27)33(31,32)21-10-6-5-9-20(21)25/h3-10H,11-15H2,1-2H3. The van der Waals surface area contributed by atoms with Crippen LogP contribution < -0.4 is 0 Å². The predicted octanol–water partition coefficient (Wildman–Crippen LogP) is 3.49. The van der Waals surface area contributed by atoms with Gasteiger partial charge in [0.2, 0.25) is 10.0 Å². The smallest absolute Gasteiger partial charge is 0.257 e. The number of amides is 1. The molecular formula is C23H24ClFN4O3S. The van der Waals surface area contributed by atoms with Crippen molar-refractivity contribution in [2.45, 2.75) is 25.3 Å². The zero-order valence-electron chi connectivity index (χ0n) is 18.3. The Morgan fingerprint density at radius 2 is 1.67 bits per heavy atom. The van der Waals surface area contributed by atoms with Gasteiger partial charge in [0.1, 0.15) is 10.7 Å². The molecule has 7 nitrogen and oxygen atoms in total. The van der Waals surface area contributed by atoms with Gasteiger partial charge in [0.15, 0.2) is 0 Å². The van der Waals surface area contributed by atoms with Gasteiger partial charge in [-0.05, 0) is 37.6 Å². The molecule has 1 aliphatic heterocycles. The second-order valence-corrected chi connectivity index (χ2v) is 10.2. The number of sulfonamides is 1. The monoisotopic (exact) mass is 490 g/mol. The maximum atomic E-state index is 14.1. The van der Waals surface area contributed by atoms with E-state index in [1.54, 1.807) is 16.5 Å². The van der Waals surface area contributed by atoms with Crippen molar-refractivity contribution in [1.29, 1.82) is 0 Å². The second kappa shape index (κ2) is 9.24. The van der Waals surface area contributed by atoms with Gasteiger partial charge in [0.25, 0.3) is 5.91 Å². The van der Waals surface area contributed by atoms with Crippen LogP contribution in [0.1, 0.15) is 27.3 Å². The minimum atomic E-state index is -3.97. The van der Waals surface area contributed by atoms with Gasteiger partial charge in [-0.1, -0.05) is 41.9 Å². The van der Waals surface area contributed by atoms with Gasteiger partial charge in [-0.15, -0.1) is 0 Å². The van der Waals surface area contributed by atoms with E-state index in [0.717, 1.165) is 17.3 Å². The van der Waals surface area contributed by atoms with Crippen LogP contribution in [0.15, 0.2) is 53.4 Å². The van der Waals surface area contributed by atoms with Crippen LogP contribution in [-0.2, 0) is 16.6 Å². The van der Waals surface area contributed by atoms with Crippen molar-refractivity contribution in [1.82, 2.24) is 19.0 Å². The fourth-order valence-electron chi connectivity index (χ4n) is 4.03. The average molecular weight is 491 g/mol. The van der Waals surface area contributed by atoms with E-state index in [0.29, 0.717) is 22.8 Å². The molecule has 174 valence electrons. The summed E-state index contributed by atoms with van der Waals surface area (Å²) in [4.78, 5) is 14.5. The molecule has 1 saturated heterocycles. The molecule has 1 fully saturated rings. The lowest BCUT2D eigenvalue weighted by molar-refractivity contribution is 0.0696. The number of piperazine rings is 1. The first-order chi connectivity index (χ1) is 15.7. The van der Waals surface area contributed by atoms with Crippen LogP contribution in [0.4, 0.5) is 4.39 Å². The maximum absolute atomic E-state index is 14.1. The SMILES string of the molecule is Cc1nn(Cc2ccccc2Cl)c(C)c1C(=O)N1CCN(S(=O)(=O)c2ccccc2F)CC1. The normalized spacial score (nSPS) is 15.1. The molecule has 4 rings (SSSR count). The number of hydrogen-bond acceptors (Lipinski definition) is 4. The zero-order valence-corrected chi connectivity index (χ0v) is 19.9. The minimum Gasteiger partial charge on any atom is -0.336 e. The molecule has 0 aliphatic carbocycles. The van der Waals surface area contributed by atoms with E-state index >= 15 is 0 Å². The van der Waals surface area contributed by atoms with Crippen LogP contribution in [0, 0.1) is 19.7 Å². The fraction of sp³-hybridized carbons (Fsp3) is 0.304. The predicted molar refractivity (Wildman–Crippen MR) is 123 cm³/mol. The molecule has 0 spiro atoms. The maximum Gasteiger partial charge on any atom is 0.257 e. The molecule has 2 heterocycles. The molecule has 10 heteroatoms. The zero-order chi connectivity index (χ0) is 23.8. The number of halogens is 2. The highest BCUT2D eigenvalue weighted by atomic mass is 35.5. The first kappa shape index (κ1) is 23.4. The Morgan fingerprint density at radius 1 is 1.03 bits per heavy atom. The van der Waals surface area contributed by atoms with Crippen LogP contribution in [0.2, 0.25) is 5.02 Å². The molecule has 1 aliphatic rings. The summed E-state index contributed by atoms with van der Waals surface area (Å²) >= 11 is 6.27. The van der Waals surface area contributed by atoms with Crippen molar-refractivity contribution in [2.24, 2.45) is 0 Å². The third-order valence-electron chi connectivity index (χ3n) is 5.85. The quantitative estimate of drug-likeness (QED) is 0.548. The Balaban J connectivity index is 1.49. The molecule has 2 aromatic carbocycles. The number of benzene rings is 2. The Bertz CT molecular complexity index is 1300. The van der Waals surface area contributed by atoms with Crippen molar-refractivity contribution < 1.29 is 17.6 Å². The van der Waals surface area contributed by atoms with E-state index in [-0.39, 0.29) is 37.0 Å². The van der Waals surface area contributed by atoms with E-state index in [9.17, 15) is 17.6 Å². The summed E-state index contributed by atoms with van der Waals surface area (Å²) in [5, 5.41) is 5.16. The van der Waals surface area contributed by atoms with Gasteiger partial charge in [0, 0.05) is 36.9 Å². The lowest BCUT2D eigenvalue weighted by Gasteiger charge is -2.34. The number of carbonyl (C=O) groups excluding carboxylic acids is 1. The van der Waals surface area contributed by atoms with E-state index in [1.807, 2.05) is 31.2 Å². The van der Waals surface area contributed by atoms with Gasteiger partial charge in [0.05, 0.1) is 17.8 Å². The summed E-state index contributed by atoms with van der Waals surface area (Å²) in [5.41, 5.74) is 2.73. The topological polar surface area (TPSA) is 75.5 Å². The highest BCUT2D eigenvalue weighted by Gasteiger charge is 2.33. The first-order valence-electron chi connectivity index (χ1n) is 10.5. The molecule has 1 aromatic heterocycles. The Morgan fingerprint density at radius 3 is 2.33 bits per heavy atom. The molecule has 0 saturated carbocycles. The summed E-state index contributed by atoms with van der Waals surface area (Å²) in [5.74, 6) is -0.980. The summed E-state index contributed by atoms with van der Waals surface area (Å²) in [7, 11) is -3.97. The number of rotatable bonds is 5. The summed E-state index contributed by atoms with van der Waals surface area (Å²) in [6.45, 7) is 4.66. The van der Waals surface area contributed by atoms with E-state index in [1.165, 1.54) is 22.5 Å². The van der Waals surface area contributed by atoms with Crippen molar-refractivity contribution in [3.63, 3.8) is 0 Å². The number of hydrogen-bond donors (Lipinski definition) is 0. The summed E-state index contributed by atoms with van der Waals surface area (Å²) < 4.78 is 42.7. The summed E-state index contributed by atoms with van der Waals surface area (Å²) in [6, 6.07) is 12.8. The lowest BCUT2D eigenvalue weighted by Crippen LogP contribution is -2.50. The van der Waals surface area contributed by atoms with E-state index in [2.05, 4.69) is 5.10 Å². The van der Waals surface area contributed by atoms with Crippen LogP contribution in [0.25, 0.3) is 0 Å². The van der Waals surface area contributed by atoms with Crippen LogP contribution in [0.5, 0.6) is 0 Å². The molecule has 33 heavy (non-hydrogen) atoms. The number of aryl methyl sites for hydroxylation is 1. The van der Waals surface area contributed by atoms with Crippen molar-refractivity contribution >= 4 is 27.5 Å². The van der Waals surface area contributed by atoms with Crippen LogP contribution in [0.3, 0.4) is 0 Å². The molecule has 0 bridgehead atoms.